The molecule has 1 aliphatic rings. The molecule has 16 heavy (non-hydrogen) atoms. The monoisotopic (exact) mass is 220 g/mol. The molecule has 0 saturated carbocycles. The van der Waals surface area contributed by atoms with Gasteiger partial charge in [0.1, 0.15) is 11.5 Å². The van der Waals surface area contributed by atoms with Crippen molar-refractivity contribution in [1.82, 2.24) is 0 Å². The van der Waals surface area contributed by atoms with E-state index in [0.717, 1.165) is 30.4 Å². The minimum atomic E-state index is 0.643. The van der Waals surface area contributed by atoms with E-state index in [1.165, 1.54) is 12.0 Å². The van der Waals surface area contributed by atoms with E-state index >= 15 is 0 Å². The van der Waals surface area contributed by atoms with E-state index in [2.05, 4.69) is 19.9 Å². The molecule has 0 aliphatic carbocycles. The van der Waals surface area contributed by atoms with Crippen LogP contribution in [-0.4, -0.2) is 13.7 Å². The van der Waals surface area contributed by atoms with Crippen molar-refractivity contribution >= 4 is 0 Å². The molecule has 0 amide bonds. The highest BCUT2D eigenvalue weighted by Crippen LogP contribution is 2.33. The molecule has 88 valence electrons. The summed E-state index contributed by atoms with van der Waals surface area (Å²) in [4.78, 5) is 0. The molecule has 1 heterocycles. The summed E-state index contributed by atoms with van der Waals surface area (Å²) >= 11 is 0. The summed E-state index contributed by atoms with van der Waals surface area (Å²) in [6.45, 7) is 5.40. The first kappa shape index (κ1) is 11.3. The Balaban J connectivity index is 2.18. The van der Waals surface area contributed by atoms with Gasteiger partial charge in [-0.05, 0) is 42.0 Å². The number of hydrogen-bond acceptors (Lipinski definition) is 2. The van der Waals surface area contributed by atoms with Crippen LogP contribution in [0.25, 0.3) is 0 Å². The van der Waals surface area contributed by atoms with Gasteiger partial charge >= 0.3 is 0 Å². The quantitative estimate of drug-likeness (QED) is 0.778. The summed E-state index contributed by atoms with van der Waals surface area (Å²) in [5, 5.41) is 0. The number of hydrogen-bond donors (Lipinski definition) is 0. The van der Waals surface area contributed by atoms with Crippen molar-refractivity contribution < 1.29 is 9.47 Å². The van der Waals surface area contributed by atoms with Gasteiger partial charge in [0.15, 0.2) is 0 Å². The average Bonchev–Trinajstić information content (AvgIpc) is 2.36. The lowest BCUT2D eigenvalue weighted by molar-refractivity contribution is 0.174. The second-order valence-corrected chi connectivity index (χ2v) is 4.63. The van der Waals surface area contributed by atoms with E-state index in [1.54, 1.807) is 7.11 Å². The second-order valence-electron chi connectivity index (χ2n) is 4.63. The van der Waals surface area contributed by atoms with Crippen molar-refractivity contribution in [2.24, 2.45) is 11.8 Å². The topological polar surface area (TPSA) is 18.5 Å². The predicted octanol–water partition coefficient (Wildman–Crippen LogP) is 3.29. The molecule has 0 spiro atoms. The molecule has 0 aromatic heterocycles. The largest absolute Gasteiger partial charge is 0.497 e. The van der Waals surface area contributed by atoms with Crippen LogP contribution in [-0.2, 0) is 6.42 Å². The Morgan fingerprint density at radius 3 is 3.00 bits per heavy atom. The summed E-state index contributed by atoms with van der Waals surface area (Å²) in [6.07, 6.45) is 2.33. The Bertz CT molecular complexity index is 360. The first-order valence-corrected chi connectivity index (χ1v) is 6.04. The highest BCUT2D eigenvalue weighted by molar-refractivity contribution is 5.41. The molecule has 0 radical (unpaired) electrons. The molecular weight excluding hydrogens is 200 g/mol. The molecule has 2 nitrogen and oxygen atoms in total. The molecule has 0 saturated heterocycles. The van der Waals surface area contributed by atoms with E-state index < -0.39 is 0 Å². The third-order valence-electron chi connectivity index (χ3n) is 3.65. The number of fused-ring (bicyclic) bond motifs is 1. The van der Waals surface area contributed by atoms with Gasteiger partial charge in [0.25, 0.3) is 0 Å². The van der Waals surface area contributed by atoms with E-state index in [4.69, 9.17) is 9.47 Å². The average molecular weight is 220 g/mol. The number of benzene rings is 1. The zero-order valence-corrected chi connectivity index (χ0v) is 10.3. The van der Waals surface area contributed by atoms with E-state index in [-0.39, 0.29) is 0 Å². The van der Waals surface area contributed by atoms with Crippen LogP contribution in [0.1, 0.15) is 25.8 Å². The maximum Gasteiger partial charge on any atom is 0.122 e. The van der Waals surface area contributed by atoms with Gasteiger partial charge in [-0.3, -0.25) is 0 Å². The Morgan fingerprint density at radius 2 is 2.31 bits per heavy atom. The summed E-state index contributed by atoms with van der Waals surface area (Å²) in [5.41, 5.74) is 1.29. The molecule has 1 aliphatic heterocycles. The lowest BCUT2D eigenvalue weighted by Gasteiger charge is -2.29. The number of ether oxygens (including phenoxy) is 2. The van der Waals surface area contributed by atoms with Crippen molar-refractivity contribution in [2.45, 2.75) is 26.7 Å². The van der Waals surface area contributed by atoms with Crippen LogP contribution in [0, 0.1) is 11.8 Å². The Kier molecular flexibility index (Phi) is 3.37. The summed E-state index contributed by atoms with van der Waals surface area (Å²) in [5.74, 6) is 3.32. The fourth-order valence-corrected chi connectivity index (χ4v) is 2.22. The van der Waals surface area contributed by atoms with E-state index in [9.17, 15) is 0 Å². The molecular formula is C14H20O2. The molecule has 0 bridgehead atoms. The maximum atomic E-state index is 5.80. The first-order chi connectivity index (χ1) is 7.74. The highest BCUT2D eigenvalue weighted by Gasteiger charge is 2.23. The van der Waals surface area contributed by atoms with Crippen molar-refractivity contribution in [3.8, 4) is 11.5 Å². The first-order valence-electron chi connectivity index (χ1n) is 6.04. The van der Waals surface area contributed by atoms with Crippen molar-refractivity contribution in [3.63, 3.8) is 0 Å². The van der Waals surface area contributed by atoms with Crippen molar-refractivity contribution in [1.29, 1.82) is 0 Å². The second kappa shape index (κ2) is 4.77. The predicted molar refractivity (Wildman–Crippen MR) is 65.1 cm³/mol. The van der Waals surface area contributed by atoms with Gasteiger partial charge in [-0.2, -0.15) is 0 Å². The van der Waals surface area contributed by atoms with Gasteiger partial charge < -0.3 is 9.47 Å². The van der Waals surface area contributed by atoms with Gasteiger partial charge in [-0.1, -0.05) is 20.3 Å². The molecule has 2 rings (SSSR count). The molecule has 0 fully saturated rings. The molecule has 2 heteroatoms. The Labute approximate surface area is 97.6 Å². The van der Waals surface area contributed by atoms with Gasteiger partial charge in [0.05, 0.1) is 13.7 Å². The molecule has 2 atom stereocenters. The Morgan fingerprint density at radius 1 is 1.50 bits per heavy atom. The Hall–Kier alpha value is -1.18. The summed E-state index contributed by atoms with van der Waals surface area (Å²) < 4.78 is 11.0. The fourth-order valence-electron chi connectivity index (χ4n) is 2.22. The zero-order chi connectivity index (χ0) is 11.5. The van der Waals surface area contributed by atoms with Gasteiger partial charge in [0, 0.05) is 0 Å². The fraction of sp³-hybridized carbons (Fsp3) is 0.571. The van der Waals surface area contributed by atoms with Crippen LogP contribution in [0.3, 0.4) is 0 Å². The molecule has 0 N–H and O–H groups in total. The maximum absolute atomic E-state index is 5.80. The smallest absolute Gasteiger partial charge is 0.122 e. The standard InChI is InChI=1S/C14H20O2/c1-4-10(2)12-7-11-8-13(15-3)5-6-14(11)16-9-12/h5-6,8,10,12H,4,7,9H2,1-3H3. The van der Waals surface area contributed by atoms with Gasteiger partial charge in [-0.15, -0.1) is 0 Å². The minimum Gasteiger partial charge on any atom is -0.497 e. The molecule has 1 aromatic carbocycles. The zero-order valence-electron chi connectivity index (χ0n) is 10.3. The van der Waals surface area contributed by atoms with Crippen LogP contribution in [0.4, 0.5) is 0 Å². The van der Waals surface area contributed by atoms with Crippen LogP contribution >= 0.6 is 0 Å². The molecule has 1 aromatic rings. The van der Waals surface area contributed by atoms with Crippen LogP contribution in [0.15, 0.2) is 18.2 Å². The normalized spacial score (nSPS) is 20.8. The number of methoxy groups -OCH3 is 1. The lowest BCUT2D eigenvalue weighted by atomic mass is 9.85. The lowest BCUT2D eigenvalue weighted by Crippen LogP contribution is -2.26. The van der Waals surface area contributed by atoms with E-state index in [0.29, 0.717) is 5.92 Å². The van der Waals surface area contributed by atoms with Crippen molar-refractivity contribution in [3.05, 3.63) is 23.8 Å². The summed E-state index contributed by atoms with van der Waals surface area (Å²) in [7, 11) is 1.71. The van der Waals surface area contributed by atoms with Crippen LogP contribution in [0.2, 0.25) is 0 Å². The SMILES string of the molecule is CCC(C)C1COc2ccc(OC)cc2C1. The van der Waals surface area contributed by atoms with Crippen LogP contribution in [0.5, 0.6) is 11.5 Å². The van der Waals surface area contributed by atoms with E-state index in [1.807, 2.05) is 12.1 Å². The third kappa shape index (κ3) is 2.16. The van der Waals surface area contributed by atoms with Gasteiger partial charge in [-0.25, -0.2) is 0 Å². The number of rotatable bonds is 3. The minimum absolute atomic E-state index is 0.643. The van der Waals surface area contributed by atoms with Crippen molar-refractivity contribution in [2.75, 3.05) is 13.7 Å². The summed E-state index contributed by atoms with van der Waals surface area (Å²) in [6, 6.07) is 6.08. The van der Waals surface area contributed by atoms with Crippen LogP contribution < -0.4 is 9.47 Å². The van der Waals surface area contributed by atoms with Gasteiger partial charge in [0.2, 0.25) is 0 Å². The third-order valence-corrected chi connectivity index (χ3v) is 3.65. The molecule has 2 unspecified atom stereocenters. The highest BCUT2D eigenvalue weighted by atomic mass is 16.5.